The maximum Gasteiger partial charge on any atom is 0.407 e. The summed E-state index contributed by atoms with van der Waals surface area (Å²) in [6.07, 6.45) is 0.853. The van der Waals surface area contributed by atoms with E-state index in [0.717, 1.165) is 0 Å². The van der Waals surface area contributed by atoms with Crippen molar-refractivity contribution in [2.45, 2.75) is 46.1 Å². The summed E-state index contributed by atoms with van der Waals surface area (Å²) in [5.41, 5.74) is -0.492. The molecule has 2 N–H and O–H groups in total. The molecule has 0 radical (unpaired) electrons. The van der Waals surface area contributed by atoms with Crippen molar-refractivity contribution in [3.63, 3.8) is 0 Å². The highest BCUT2D eigenvalue weighted by Gasteiger charge is 2.15. The molecule has 0 aromatic rings. The third-order valence-corrected chi connectivity index (χ3v) is 1.69. The van der Waals surface area contributed by atoms with Crippen molar-refractivity contribution in [2.24, 2.45) is 0 Å². The van der Waals surface area contributed by atoms with Gasteiger partial charge in [-0.3, -0.25) is 4.79 Å². The Bertz CT molecular complexity index is 334. The predicted octanol–water partition coefficient (Wildman–Crippen LogP) is 1.43. The summed E-state index contributed by atoms with van der Waals surface area (Å²) in [5, 5.41) is 5.24. The van der Waals surface area contributed by atoms with Crippen molar-refractivity contribution in [2.75, 3.05) is 13.1 Å². The Morgan fingerprint density at radius 3 is 2.33 bits per heavy atom. The second kappa shape index (κ2) is 8.40. The molecule has 18 heavy (non-hydrogen) atoms. The maximum absolute atomic E-state index is 11.3. The number of alkyl carbamates (subject to hydrolysis) is 1. The zero-order valence-corrected chi connectivity index (χ0v) is 11.6. The molecule has 0 aromatic carbocycles. The first-order valence-electron chi connectivity index (χ1n) is 6.08. The van der Waals surface area contributed by atoms with Gasteiger partial charge in [-0.25, -0.2) is 4.79 Å². The minimum Gasteiger partial charge on any atom is -0.444 e. The highest BCUT2D eigenvalue weighted by atomic mass is 16.6. The fourth-order valence-electron chi connectivity index (χ4n) is 1.01. The van der Waals surface area contributed by atoms with Gasteiger partial charge in [-0.1, -0.05) is 12.8 Å². The molecular weight excluding hydrogens is 232 g/mol. The number of hydrogen-bond acceptors (Lipinski definition) is 3. The largest absolute Gasteiger partial charge is 0.444 e. The van der Waals surface area contributed by atoms with Crippen molar-refractivity contribution >= 4 is 12.0 Å². The SMILES string of the molecule is CCC#CC(=O)NCCCNC(=O)OC(C)(C)C. The Morgan fingerprint density at radius 1 is 1.17 bits per heavy atom. The van der Waals surface area contributed by atoms with Crippen LogP contribution in [0.4, 0.5) is 4.79 Å². The molecule has 0 rings (SSSR count). The average molecular weight is 254 g/mol. The third-order valence-electron chi connectivity index (χ3n) is 1.69. The van der Waals surface area contributed by atoms with Gasteiger partial charge in [-0.15, -0.1) is 0 Å². The zero-order chi connectivity index (χ0) is 14.0. The van der Waals surface area contributed by atoms with Gasteiger partial charge < -0.3 is 15.4 Å². The van der Waals surface area contributed by atoms with Gasteiger partial charge in [0, 0.05) is 19.5 Å². The van der Waals surface area contributed by atoms with Crippen molar-refractivity contribution in [3.8, 4) is 11.8 Å². The first-order valence-corrected chi connectivity index (χ1v) is 6.08. The van der Waals surface area contributed by atoms with Gasteiger partial charge in [0.2, 0.25) is 0 Å². The van der Waals surface area contributed by atoms with Crippen LogP contribution in [0.3, 0.4) is 0 Å². The Balaban J connectivity index is 3.57. The molecule has 102 valence electrons. The number of carbonyl (C=O) groups is 2. The molecule has 0 spiro atoms. The molecule has 0 aliphatic heterocycles. The van der Waals surface area contributed by atoms with Gasteiger partial charge in [0.05, 0.1) is 0 Å². The van der Waals surface area contributed by atoms with Crippen LogP contribution in [-0.2, 0) is 9.53 Å². The van der Waals surface area contributed by atoms with Gasteiger partial charge in [-0.05, 0) is 33.1 Å². The second-order valence-electron chi connectivity index (χ2n) is 4.69. The summed E-state index contributed by atoms with van der Waals surface area (Å²) in [6, 6.07) is 0. The van der Waals surface area contributed by atoms with E-state index in [1.54, 1.807) is 20.8 Å². The van der Waals surface area contributed by atoms with Gasteiger partial charge in [0.25, 0.3) is 5.91 Å². The predicted molar refractivity (Wildman–Crippen MR) is 69.9 cm³/mol. The third kappa shape index (κ3) is 10.8. The molecule has 5 nitrogen and oxygen atoms in total. The van der Waals surface area contributed by atoms with Crippen LogP contribution in [0.1, 0.15) is 40.5 Å². The van der Waals surface area contributed by atoms with E-state index in [4.69, 9.17) is 4.74 Å². The molecular formula is C13H22N2O3. The maximum atomic E-state index is 11.3. The fourth-order valence-corrected chi connectivity index (χ4v) is 1.01. The standard InChI is InChI=1S/C13H22N2O3/c1-5-6-8-11(16)14-9-7-10-15-12(17)18-13(2,3)4/h5,7,9-10H2,1-4H3,(H,14,16)(H,15,17). The molecule has 0 heterocycles. The molecule has 0 saturated heterocycles. The molecule has 5 heteroatoms. The molecule has 0 unspecified atom stereocenters. The number of hydrogen-bond donors (Lipinski definition) is 2. The molecule has 0 saturated carbocycles. The normalized spacial score (nSPS) is 10.0. The molecule has 0 atom stereocenters. The van der Waals surface area contributed by atoms with Gasteiger partial charge in [0.15, 0.2) is 0 Å². The van der Waals surface area contributed by atoms with Crippen molar-refractivity contribution in [1.82, 2.24) is 10.6 Å². The van der Waals surface area contributed by atoms with E-state index < -0.39 is 11.7 Å². The first kappa shape index (κ1) is 16.3. The average Bonchev–Trinajstić information content (AvgIpc) is 2.23. The summed E-state index contributed by atoms with van der Waals surface area (Å²) < 4.78 is 5.06. The van der Waals surface area contributed by atoms with Crippen molar-refractivity contribution in [3.05, 3.63) is 0 Å². The minimum absolute atomic E-state index is 0.283. The highest BCUT2D eigenvalue weighted by Crippen LogP contribution is 2.06. The van der Waals surface area contributed by atoms with E-state index in [1.165, 1.54) is 0 Å². The lowest BCUT2D eigenvalue weighted by atomic mass is 10.2. The summed E-state index contributed by atoms with van der Waals surface area (Å²) in [6.45, 7) is 8.23. The Hall–Kier alpha value is -1.70. The minimum atomic E-state index is -0.492. The van der Waals surface area contributed by atoms with Crippen LogP contribution in [0.5, 0.6) is 0 Å². The molecule has 0 fully saturated rings. The number of ether oxygens (including phenoxy) is 1. The van der Waals surface area contributed by atoms with E-state index in [1.807, 2.05) is 6.92 Å². The van der Waals surface area contributed by atoms with E-state index in [-0.39, 0.29) is 5.91 Å². The number of carbonyl (C=O) groups excluding carboxylic acids is 2. The number of rotatable bonds is 4. The van der Waals surface area contributed by atoms with Crippen LogP contribution >= 0.6 is 0 Å². The van der Waals surface area contributed by atoms with Gasteiger partial charge in [-0.2, -0.15) is 0 Å². The fraction of sp³-hybridized carbons (Fsp3) is 0.692. The van der Waals surface area contributed by atoms with Crippen molar-refractivity contribution < 1.29 is 14.3 Å². The highest BCUT2D eigenvalue weighted by molar-refractivity contribution is 5.93. The first-order chi connectivity index (χ1) is 8.35. The van der Waals surface area contributed by atoms with Gasteiger partial charge >= 0.3 is 6.09 Å². The van der Waals surface area contributed by atoms with Crippen LogP contribution in [-0.4, -0.2) is 30.7 Å². The lowest BCUT2D eigenvalue weighted by molar-refractivity contribution is -0.115. The monoisotopic (exact) mass is 254 g/mol. The van der Waals surface area contributed by atoms with Crippen LogP contribution < -0.4 is 10.6 Å². The summed E-state index contributed by atoms with van der Waals surface area (Å²) in [5.74, 6) is 4.85. The van der Waals surface area contributed by atoms with Crippen LogP contribution in [0.2, 0.25) is 0 Å². The Morgan fingerprint density at radius 2 is 1.78 bits per heavy atom. The van der Waals surface area contributed by atoms with E-state index in [2.05, 4.69) is 22.5 Å². The van der Waals surface area contributed by atoms with Crippen LogP contribution in [0.15, 0.2) is 0 Å². The molecule has 0 bridgehead atoms. The molecule has 0 aliphatic carbocycles. The smallest absolute Gasteiger partial charge is 0.407 e. The Labute approximate surface area is 109 Å². The zero-order valence-electron chi connectivity index (χ0n) is 11.6. The van der Waals surface area contributed by atoms with Crippen molar-refractivity contribution in [1.29, 1.82) is 0 Å². The summed E-state index contributed by atoms with van der Waals surface area (Å²) in [7, 11) is 0. The van der Waals surface area contributed by atoms with Crippen LogP contribution in [0, 0.1) is 11.8 Å². The van der Waals surface area contributed by atoms with E-state index in [9.17, 15) is 9.59 Å². The molecule has 2 amide bonds. The lowest BCUT2D eigenvalue weighted by Crippen LogP contribution is -2.34. The number of nitrogens with one attached hydrogen (secondary N) is 2. The topological polar surface area (TPSA) is 67.4 Å². The van der Waals surface area contributed by atoms with E-state index >= 15 is 0 Å². The lowest BCUT2D eigenvalue weighted by Gasteiger charge is -2.19. The van der Waals surface area contributed by atoms with Gasteiger partial charge in [0.1, 0.15) is 5.60 Å². The molecule has 0 aromatic heterocycles. The number of amides is 2. The summed E-state index contributed by atoms with van der Waals surface area (Å²) >= 11 is 0. The Kier molecular flexibility index (Phi) is 7.61. The van der Waals surface area contributed by atoms with E-state index in [0.29, 0.717) is 25.9 Å². The summed E-state index contributed by atoms with van der Waals surface area (Å²) in [4.78, 5) is 22.3. The quantitative estimate of drug-likeness (QED) is 0.589. The van der Waals surface area contributed by atoms with Crippen LogP contribution in [0.25, 0.3) is 0 Å². The second-order valence-corrected chi connectivity index (χ2v) is 4.69. The molecule has 0 aliphatic rings.